The van der Waals surface area contributed by atoms with E-state index in [-0.39, 0.29) is 31.6 Å². The van der Waals surface area contributed by atoms with Gasteiger partial charge in [-0.3, -0.25) is 9.59 Å². The van der Waals surface area contributed by atoms with Gasteiger partial charge in [-0.15, -0.1) is 0 Å². The van der Waals surface area contributed by atoms with E-state index in [4.69, 9.17) is 21.1 Å². The highest BCUT2D eigenvalue weighted by Crippen LogP contribution is 2.16. The lowest BCUT2D eigenvalue weighted by Gasteiger charge is -2.14. The molecule has 2 aromatic carbocycles. The average molecular weight is 376 g/mol. The number of halogens is 1. The van der Waals surface area contributed by atoms with Crippen molar-refractivity contribution < 1.29 is 19.1 Å². The number of carbonyl (C=O) groups excluding carboxylic acids is 2. The van der Waals surface area contributed by atoms with E-state index < -0.39 is 5.97 Å². The van der Waals surface area contributed by atoms with Gasteiger partial charge in [0, 0.05) is 5.02 Å². The van der Waals surface area contributed by atoms with Gasteiger partial charge in [0.25, 0.3) is 5.91 Å². The molecular weight excluding hydrogens is 354 g/mol. The lowest BCUT2D eigenvalue weighted by Crippen LogP contribution is -2.31. The summed E-state index contributed by atoms with van der Waals surface area (Å²) in [6.07, 6.45) is 0.0773. The van der Waals surface area contributed by atoms with E-state index in [1.54, 1.807) is 12.1 Å². The molecule has 5 nitrogen and oxygen atoms in total. The third kappa shape index (κ3) is 6.76. The molecule has 0 aliphatic carbocycles. The Hall–Kier alpha value is -2.53. The second-order valence-electron chi connectivity index (χ2n) is 5.91. The van der Waals surface area contributed by atoms with Gasteiger partial charge < -0.3 is 14.8 Å². The quantitative estimate of drug-likeness (QED) is 0.712. The Morgan fingerprint density at radius 1 is 1.08 bits per heavy atom. The molecule has 0 aromatic heterocycles. The first-order valence-electron chi connectivity index (χ1n) is 8.34. The molecule has 1 unspecified atom stereocenters. The molecular formula is C20H22ClNO4. The van der Waals surface area contributed by atoms with Gasteiger partial charge in [0.15, 0.2) is 6.61 Å². The van der Waals surface area contributed by atoms with Crippen LogP contribution >= 0.6 is 11.6 Å². The molecule has 6 heteroatoms. The lowest BCUT2D eigenvalue weighted by atomic mass is 10.1. The highest BCUT2D eigenvalue weighted by atomic mass is 35.5. The number of nitrogens with one attached hydrogen (secondary N) is 1. The monoisotopic (exact) mass is 375 g/mol. The van der Waals surface area contributed by atoms with Crippen molar-refractivity contribution in [2.75, 3.05) is 13.2 Å². The van der Waals surface area contributed by atoms with Crippen LogP contribution in [0.1, 0.15) is 30.5 Å². The van der Waals surface area contributed by atoms with E-state index in [1.165, 1.54) is 0 Å². The minimum absolute atomic E-state index is 0.0773. The minimum Gasteiger partial charge on any atom is -0.493 e. The molecule has 0 saturated heterocycles. The number of carbonyl (C=O) groups is 2. The summed E-state index contributed by atoms with van der Waals surface area (Å²) >= 11 is 5.84. The fraction of sp³-hybridized carbons (Fsp3) is 0.300. The first-order valence-corrected chi connectivity index (χ1v) is 8.72. The second-order valence-corrected chi connectivity index (χ2v) is 6.35. The van der Waals surface area contributed by atoms with Crippen molar-refractivity contribution in [3.8, 4) is 5.75 Å². The fourth-order valence-corrected chi connectivity index (χ4v) is 2.35. The minimum atomic E-state index is -0.480. The van der Waals surface area contributed by atoms with Crippen LogP contribution in [0.4, 0.5) is 0 Å². The number of ether oxygens (including phenoxy) is 2. The number of amides is 1. The van der Waals surface area contributed by atoms with Crippen LogP contribution in [0.15, 0.2) is 48.5 Å². The molecule has 0 spiro atoms. The average Bonchev–Trinajstić information content (AvgIpc) is 2.62. The summed E-state index contributed by atoms with van der Waals surface area (Å²) in [6, 6.07) is 14.5. The zero-order valence-corrected chi connectivity index (χ0v) is 15.6. The summed E-state index contributed by atoms with van der Waals surface area (Å²) in [5.74, 6) is -0.149. The molecule has 0 aliphatic rings. The van der Waals surface area contributed by atoms with Crippen LogP contribution in [0.5, 0.6) is 5.75 Å². The molecule has 2 aromatic rings. The van der Waals surface area contributed by atoms with Crippen LogP contribution in [-0.2, 0) is 14.3 Å². The standard InChI is InChI=1S/C20H22ClNO4/c1-14-3-9-18(10-4-14)25-12-11-20(24)26-13-19(23)22-15(2)16-5-7-17(21)8-6-16/h3-10,15H,11-13H2,1-2H3,(H,22,23). The van der Waals surface area contributed by atoms with Crippen molar-refractivity contribution in [1.82, 2.24) is 5.32 Å². The van der Waals surface area contributed by atoms with E-state index in [2.05, 4.69) is 5.32 Å². The summed E-state index contributed by atoms with van der Waals surface area (Å²) in [6.45, 7) is 3.71. The SMILES string of the molecule is Cc1ccc(OCCC(=O)OCC(=O)NC(C)c2ccc(Cl)cc2)cc1. The molecule has 26 heavy (non-hydrogen) atoms. The van der Waals surface area contributed by atoms with Crippen LogP contribution in [-0.4, -0.2) is 25.1 Å². The Labute approximate surface area is 158 Å². The summed E-state index contributed by atoms with van der Waals surface area (Å²) in [5.41, 5.74) is 2.05. The van der Waals surface area contributed by atoms with E-state index in [9.17, 15) is 9.59 Å². The number of hydrogen-bond donors (Lipinski definition) is 1. The third-order valence-electron chi connectivity index (χ3n) is 3.71. The number of hydrogen-bond acceptors (Lipinski definition) is 4. The first-order chi connectivity index (χ1) is 12.4. The summed E-state index contributed by atoms with van der Waals surface area (Å²) in [7, 11) is 0. The number of benzene rings is 2. The van der Waals surface area contributed by atoms with Gasteiger partial charge in [-0.1, -0.05) is 41.4 Å². The molecule has 1 amide bonds. The summed E-state index contributed by atoms with van der Waals surface area (Å²) < 4.78 is 10.4. The van der Waals surface area contributed by atoms with Crippen LogP contribution in [0.25, 0.3) is 0 Å². The summed E-state index contributed by atoms with van der Waals surface area (Å²) in [4.78, 5) is 23.6. The van der Waals surface area contributed by atoms with Gasteiger partial charge in [0.05, 0.1) is 19.1 Å². The molecule has 0 aliphatic heterocycles. The van der Waals surface area contributed by atoms with Crippen molar-refractivity contribution in [2.45, 2.75) is 26.3 Å². The number of aryl methyl sites for hydroxylation is 1. The zero-order chi connectivity index (χ0) is 18.9. The van der Waals surface area contributed by atoms with Crippen LogP contribution in [0.2, 0.25) is 5.02 Å². The number of esters is 1. The van der Waals surface area contributed by atoms with E-state index in [0.717, 1.165) is 11.1 Å². The van der Waals surface area contributed by atoms with Crippen molar-refractivity contribution in [3.05, 3.63) is 64.7 Å². The Morgan fingerprint density at radius 3 is 2.38 bits per heavy atom. The summed E-state index contributed by atoms with van der Waals surface area (Å²) in [5, 5.41) is 3.40. The maximum Gasteiger partial charge on any atom is 0.309 e. The lowest BCUT2D eigenvalue weighted by molar-refractivity contribution is -0.149. The highest BCUT2D eigenvalue weighted by Gasteiger charge is 2.12. The third-order valence-corrected chi connectivity index (χ3v) is 3.96. The van der Waals surface area contributed by atoms with Crippen molar-refractivity contribution in [1.29, 1.82) is 0 Å². The van der Waals surface area contributed by atoms with E-state index in [1.807, 2.05) is 50.2 Å². The molecule has 1 atom stereocenters. The van der Waals surface area contributed by atoms with Gasteiger partial charge in [0.1, 0.15) is 5.75 Å². The molecule has 0 bridgehead atoms. The van der Waals surface area contributed by atoms with Gasteiger partial charge >= 0.3 is 5.97 Å². The predicted molar refractivity (Wildman–Crippen MR) is 100 cm³/mol. The Balaban J connectivity index is 1.65. The van der Waals surface area contributed by atoms with Gasteiger partial charge in [-0.2, -0.15) is 0 Å². The van der Waals surface area contributed by atoms with E-state index in [0.29, 0.717) is 10.8 Å². The zero-order valence-electron chi connectivity index (χ0n) is 14.8. The molecule has 1 N–H and O–H groups in total. The smallest absolute Gasteiger partial charge is 0.309 e. The van der Waals surface area contributed by atoms with Gasteiger partial charge in [0.2, 0.25) is 0 Å². The largest absolute Gasteiger partial charge is 0.493 e. The Kier molecular flexibility index (Phi) is 7.48. The number of rotatable bonds is 8. The molecule has 2 rings (SSSR count). The van der Waals surface area contributed by atoms with Crippen molar-refractivity contribution in [2.24, 2.45) is 0 Å². The maximum atomic E-state index is 11.9. The van der Waals surface area contributed by atoms with E-state index >= 15 is 0 Å². The Bertz CT molecular complexity index is 728. The normalized spacial score (nSPS) is 11.5. The topological polar surface area (TPSA) is 64.6 Å². The molecule has 0 fully saturated rings. The fourth-order valence-electron chi connectivity index (χ4n) is 2.22. The van der Waals surface area contributed by atoms with Gasteiger partial charge in [-0.05, 0) is 43.7 Å². The van der Waals surface area contributed by atoms with Crippen LogP contribution < -0.4 is 10.1 Å². The Morgan fingerprint density at radius 2 is 1.73 bits per heavy atom. The molecule has 0 heterocycles. The first kappa shape index (κ1) is 19.8. The predicted octanol–water partition coefficient (Wildman–Crippen LogP) is 3.84. The van der Waals surface area contributed by atoms with Gasteiger partial charge in [-0.25, -0.2) is 0 Å². The molecule has 138 valence electrons. The van der Waals surface area contributed by atoms with Crippen LogP contribution in [0, 0.1) is 6.92 Å². The highest BCUT2D eigenvalue weighted by molar-refractivity contribution is 6.30. The van der Waals surface area contributed by atoms with Crippen molar-refractivity contribution >= 4 is 23.5 Å². The molecule has 0 radical (unpaired) electrons. The molecule has 0 saturated carbocycles. The van der Waals surface area contributed by atoms with Crippen molar-refractivity contribution in [3.63, 3.8) is 0 Å². The second kappa shape index (κ2) is 9.82. The maximum absolute atomic E-state index is 11.9. The van der Waals surface area contributed by atoms with Crippen LogP contribution in [0.3, 0.4) is 0 Å².